The Labute approximate surface area is 125 Å². The highest BCUT2D eigenvalue weighted by Gasteiger charge is 2.11. The van der Waals surface area contributed by atoms with Crippen LogP contribution in [0.3, 0.4) is 0 Å². The summed E-state index contributed by atoms with van der Waals surface area (Å²) >= 11 is 0. The van der Waals surface area contributed by atoms with Gasteiger partial charge in [-0.1, -0.05) is 43.7 Å². The highest BCUT2D eigenvalue weighted by Crippen LogP contribution is 2.17. The second-order valence-electron chi connectivity index (χ2n) is 5.16. The molecule has 1 aromatic heterocycles. The molecule has 0 unspecified atom stereocenters. The largest absolute Gasteiger partial charge is 0.448 e. The van der Waals surface area contributed by atoms with Crippen LogP contribution < -0.4 is 0 Å². The fourth-order valence-electron chi connectivity index (χ4n) is 2.26. The zero-order valence-corrected chi connectivity index (χ0v) is 12.8. The molecule has 112 valence electrons. The van der Waals surface area contributed by atoms with Crippen LogP contribution >= 0.6 is 0 Å². The van der Waals surface area contributed by atoms with Crippen molar-refractivity contribution in [1.82, 2.24) is 4.98 Å². The van der Waals surface area contributed by atoms with Gasteiger partial charge in [-0.05, 0) is 31.2 Å². The van der Waals surface area contributed by atoms with E-state index in [1.54, 1.807) is 6.39 Å². The van der Waals surface area contributed by atoms with Gasteiger partial charge in [0.2, 0.25) is 0 Å². The number of hydrogen-bond donors (Lipinski definition) is 0. The minimum Gasteiger partial charge on any atom is -0.448 e. The number of carbonyl (C=O) groups excluding carboxylic acids is 2. The molecule has 0 aliphatic carbocycles. The molecule has 0 saturated heterocycles. The Morgan fingerprint density at radius 2 is 1.81 bits per heavy atom. The van der Waals surface area contributed by atoms with Crippen molar-refractivity contribution >= 4 is 6.15 Å². The maximum Gasteiger partial charge on any atom is 0.373 e. The third kappa shape index (κ3) is 5.76. The minimum absolute atomic E-state index is 0.250. The predicted octanol–water partition coefficient (Wildman–Crippen LogP) is 3.38. The smallest absolute Gasteiger partial charge is 0.373 e. The number of rotatable bonds is 5. The maximum absolute atomic E-state index is 8.12. The van der Waals surface area contributed by atoms with Crippen LogP contribution in [0.15, 0.2) is 35.1 Å². The number of oxazole rings is 1. The maximum atomic E-state index is 8.12. The number of aryl methyl sites for hydroxylation is 2. The molecule has 0 bridgehead atoms. The van der Waals surface area contributed by atoms with Crippen LogP contribution in [-0.4, -0.2) is 11.1 Å². The Balaban J connectivity index is 0.000000677. The molecular formula is C17H21NO3. The first kappa shape index (κ1) is 16.9. The molecule has 1 aromatic carbocycles. The van der Waals surface area contributed by atoms with Crippen LogP contribution in [0.1, 0.15) is 36.4 Å². The molecule has 0 amide bonds. The summed E-state index contributed by atoms with van der Waals surface area (Å²) < 4.78 is 5.47. The SMILES string of the molecule is CCc1ncoc1C[C@@H](C)Cc1ccc(C)cc1.O=C=O. The standard InChI is InChI=1S/C16H21NO.CO2/c1-4-15-16(18-11-17-15)10-13(3)9-14-7-5-12(2)6-8-14;2-1-3/h5-8,11,13H,4,9-10H2,1-3H3;/t13-;/m0./s1. The van der Waals surface area contributed by atoms with Gasteiger partial charge in [0, 0.05) is 6.42 Å². The third-order valence-corrected chi connectivity index (χ3v) is 3.30. The fraction of sp³-hybridized carbons (Fsp3) is 0.412. The Bertz CT molecular complexity index is 566. The Morgan fingerprint density at radius 1 is 1.19 bits per heavy atom. The van der Waals surface area contributed by atoms with Crippen molar-refractivity contribution in [2.75, 3.05) is 0 Å². The zero-order valence-electron chi connectivity index (χ0n) is 12.8. The second kappa shape index (κ2) is 8.88. The van der Waals surface area contributed by atoms with E-state index in [9.17, 15) is 0 Å². The van der Waals surface area contributed by atoms with E-state index in [0.29, 0.717) is 5.92 Å². The van der Waals surface area contributed by atoms with E-state index < -0.39 is 0 Å². The van der Waals surface area contributed by atoms with Crippen LogP contribution in [0.25, 0.3) is 0 Å². The van der Waals surface area contributed by atoms with E-state index in [1.165, 1.54) is 11.1 Å². The number of benzene rings is 1. The highest BCUT2D eigenvalue weighted by atomic mass is 16.3. The van der Waals surface area contributed by atoms with Crippen molar-refractivity contribution in [3.8, 4) is 0 Å². The molecule has 0 aliphatic heterocycles. The first-order valence-electron chi connectivity index (χ1n) is 7.06. The number of hydrogen-bond acceptors (Lipinski definition) is 4. The molecule has 0 saturated carbocycles. The zero-order chi connectivity index (χ0) is 15.7. The molecule has 0 radical (unpaired) electrons. The lowest BCUT2D eigenvalue weighted by molar-refractivity contribution is -0.191. The number of aromatic nitrogens is 1. The van der Waals surface area contributed by atoms with Crippen molar-refractivity contribution < 1.29 is 14.0 Å². The van der Waals surface area contributed by atoms with Crippen LogP contribution in [0, 0.1) is 12.8 Å². The molecule has 2 aromatic rings. The Kier molecular flexibility index (Phi) is 7.13. The van der Waals surface area contributed by atoms with Gasteiger partial charge in [0.25, 0.3) is 0 Å². The molecule has 1 atom stereocenters. The van der Waals surface area contributed by atoms with Gasteiger partial charge >= 0.3 is 6.15 Å². The van der Waals surface area contributed by atoms with E-state index >= 15 is 0 Å². The molecule has 2 rings (SSSR count). The molecule has 0 fully saturated rings. The first-order chi connectivity index (χ1) is 10.1. The minimum atomic E-state index is 0.250. The normalized spacial score (nSPS) is 11.2. The summed E-state index contributed by atoms with van der Waals surface area (Å²) in [7, 11) is 0. The quantitative estimate of drug-likeness (QED) is 0.845. The lowest BCUT2D eigenvalue weighted by Crippen LogP contribution is -2.05. The van der Waals surface area contributed by atoms with E-state index in [-0.39, 0.29) is 6.15 Å². The topological polar surface area (TPSA) is 60.2 Å². The Hall–Kier alpha value is -2.19. The van der Waals surface area contributed by atoms with Gasteiger partial charge in [0.1, 0.15) is 5.76 Å². The van der Waals surface area contributed by atoms with Crippen LogP contribution in [-0.2, 0) is 28.9 Å². The molecule has 0 N–H and O–H groups in total. The summed E-state index contributed by atoms with van der Waals surface area (Å²) in [6, 6.07) is 8.78. The summed E-state index contributed by atoms with van der Waals surface area (Å²) in [5.41, 5.74) is 3.81. The van der Waals surface area contributed by atoms with Crippen molar-refractivity contribution in [3.05, 3.63) is 53.2 Å². The average molecular weight is 287 g/mol. The van der Waals surface area contributed by atoms with Crippen molar-refractivity contribution in [2.45, 2.75) is 40.0 Å². The van der Waals surface area contributed by atoms with Gasteiger partial charge in [-0.3, -0.25) is 0 Å². The molecular weight excluding hydrogens is 266 g/mol. The molecule has 0 spiro atoms. The lowest BCUT2D eigenvalue weighted by atomic mass is 9.96. The molecule has 0 aliphatic rings. The summed E-state index contributed by atoms with van der Waals surface area (Å²) in [4.78, 5) is 20.5. The average Bonchev–Trinajstić information content (AvgIpc) is 2.89. The van der Waals surface area contributed by atoms with E-state index in [4.69, 9.17) is 14.0 Å². The molecule has 4 heteroatoms. The molecule has 4 nitrogen and oxygen atoms in total. The van der Waals surface area contributed by atoms with Gasteiger partial charge in [-0.2, -0.15) is 9.59 Å². The highest BCUT2D eigenvalue weighted by molar-refractivity contribution is 5.22. The van der Waals surface area contributed by atoms with Crippen molar-refractivity contribution in [3.63, 3.8) is 0 Å². The molecule has 1 heterocycles. The van der Waals surface area contributed by atoms with Gasteiger partial charge in [0.05, 0.1) is 5.69 Å². The van der Waals surface area contributed by atoms with Gasteiger partial charge < -0.3 is 4.42 Å². The van der Waals surface area contributed by atoms with Crippen LogP contribution in [0.2, 0.25) is 0 Å². The second-order valence-corrected chi connectivity index (χ2v) is 5.16. The Morgan fingerprint density at radius 3 is 2.38 bits per heavy atom. The van der Waals surface area contributed by atoms with Gasteiger partial charge in [0.15, 0.2) is 6.39 Å². The third-order valence-electron chi connectivity index (χ3n) is 3.30. The summed E-state index contributed by atoms with van der Waals surface area (Å²) in [6.45, 7) is 6.50. The predicted molar refractivity (Wildman–Crippen MR) is 78.6 cm³/mol. The fourth-order valence-corrected chi connectivity index (χ4v) is 2.26. The summed E-state index contributed by atoms with van der Waals surface area (Å²) in [5, 5.41) is 0. The summed E-state index contributed by atoms with van der Waals surface area (Å²) in [5.74, 6) is 1.63. The molecule has 21 heavy (non-hydrogen) atoms. The van der Waals surface area contributed by atoms with Gasteiger partial charge in [-0.15, -0.1) is 0 Å². The van der Waals surface area contributed by atoms with Crippen LogP contribution in [0.4, 0.5) is 0 Å². The van der Waals surface area contributed by atoms with Crippen LogP contribution in [0.5, 0.6) is 0 Å². The number of nitrogens with zero attached hydrogens (tertiary/aromatic N) is 1. The summed E-state index contributed by atoms with van der Waals surface area (Å²) in [6.07, 6.45) is 4.82. The monoisotopic (exact) mass is 287 g/mol. The van der Waals surface area contributed by atoms with Crippen molar-refractivity contribution in [1.29, 1.82) is 0 Å². The lowest BCUT2D eigenvalue weighted by Gasteiger charge is -2.10. The van der Waals surface area contributed by atoms with E-state index in [1.807, 2.05) is 0 Å². The van der Waals surface area contributed by atoms with E-state index in [0.717, 1.165) is 30.7 Å². The van der Waals surface area contributed by atoms with E-state index in [2.05, 4.69) is 50.0 Å². The van der Waals surface area contributed by atoms with Crippen molar-refractivity contribution in [2.24, 2.45) is 5.92 Å². The van der Waals surface area contributed by atoms with Gasteiger partial charge in [-0.25, -0.2) is 4.98 Å². The first-order valence-corrected chi connectivity index (χ1v) is 7.06.